The number of nitrogens with zero attached hydrogens (tertiary/aromatic N) is 2. The topological polar surface area (TPSA) is 26.7 Å². The minimum Gasteiger partial charge on any atom is -0.394 e. The second-order valence-corrected chi connectivity index (χ2v) is 6.06. The van der Waals surface area contributed by atoms with E-state index < -0.39 is 0 Å². The van der Waals surface area contributed by atoms with Crippen LogP contribution in [0.3, 0.4) is 0 Å². The van der Waals surface area contributed by atoms with Crippen molar-refractivity contribution in [2.75, 3.05) is 39.8 Å². The molecule has 1 fully saturated rings. The highest BCUT2D eigenvalue weighted by Crippen LogP contribution is 2.29. The van der Waals surface area contributed by atoms with Gasteiger partial charge in [-0.1, -0.05) is 0 Å². The third kappa shape index (κ3) is 2.84. The molecule has 0 aliphatic carbocycles. The maximum absolute atomic E-state index is 9.54. The molecule has 0 aromatic carbocycles. The molecule has 1 aliphatic heterocycles. The van der Waals surface area contributed by atoms with E-state index in [4.69, 9.17) is 0 Å². The van der Waals surface area contributed by atoms with Gasteiger partial charge in [-0.05, 0) is 29.0 Å². The summed E-state index contributed by atoms with van der Waals surface area (Å²) >= 11 is 5.18. The number of aliphatic hydroxyl groups is 1. The third-order valence-corrected chi connectivity index (χ3v) is 4.86. The molecule has 3 nitrogen and oxygen atoms in total. The Morgan fingerprint density at radius 1 is 1.44 bits per heavy atom. The first-order valence-electron chi connectivity index (χ1n) is 5.48. The van der Waals surface area contributed by atoms with Gasteiger partial charge in [-0.15, -0.1) is 11.3 Å². The Morgan fingerprint density at radius 3 is 2.62 bits per heavy atom. The van der Waals surface area contributed by atoms with E-state index in [9.17, 15) is 5.11 Å². The highest BCUT2D eigenvalue weighted by atomic mass is 79.9. The summed E-state index contributed by atoms with van der Waals surface area (Å²) < 4.78 is 1.11. The Hall–Kier alpha value is 0.0600. The van der Waals surface area contributed by atoms with Gasteiger partial charge in [-0.2, -0.15) is 0 Å². The quantitative estimate of drug-likeness (QED) is 0.922. The highest BCUT2D eigenvalue weighted by molar-refractivity contribution is 9.10. The van der Waals surface area contributed by atoms with Crippen LogP contribution in [0.15, 0.2) is 15.9 Å². The average Bonchev–Trinajstić information content (AvgIpc) is 2.69. The van der Waals surface area contributed by atoms with Gasteiger partial charge in [0.1, 0.15) is 0 Å². The van der Waals surface area contributed by atoms with Crippen molar-refractivity contribution >= 4 is 27.3 Å². The second-order valence-electron chi connectivity index (χ2n) is 4.20. The summed E-state index contributed by atoms with van der Waals surface area (Å²) in [6.07, 6.45) is 0. The Balaban J connectivity index is 2.05. The van der Waals surface area contributed by atoms with Gasteiger partial charge in [0.15, 0.2) is 0 Å². The molecule has 1 aliphatic rings. The molecule has 5 heteroatoms. The van der Waals surface area contributed by atoms with Gasteiger partial charge in [0.25, 0.3) is 0 Å². The van der Waals surface area contributed by atoms with Gasteiger partial charge in [0.05, 0.1) is 12.6 Å². The lowest BCUT2D eigenvalue weighted by molar-refractivity contribution is 0.0765. The van der Waals surface area contributed by atoms with Crippen molar-refractivity contribution in [1.29, 1.82) is 0 Å². The van der Waals surface area contributed by atoms with Crippen molar-refractivity contribution in [3.63, 3.8) is 0 Å². The first-order chi connectivity index (χ1) is 7.70. The van der Waals surface area contributed by atoms with Crippen LogP contribution in [0.5, 0.6) is 0 Å². The molecule has 0 radical (unpaired) electrons. The zero-order valence-electron chi connectivity index (χ0n) is 9.40. The van der Waals surface area contributed by atoms with Crippen LogP contribution >= 0.6 is 27.3 Å². The maximum atomic E-state index is 9.54. The van der Waals surface area contributed by atoms with Crippen LogP contribution in [0.2, 0.25) is 0 Å². The fourth-order valence-electron chi connectivity index (χ4n) is 2.02. The van der Waals surface area contributed by atoms with E-state index in [1.165, 1.54) is 4.88 Å². The van der Waals surface area contributed by atoms with Crippen molar-refractivity contribution in [3.05, 3.63) is 20.8 Å². The zero-order valence-corrected chi connectivity index (χ0v) is 11.8. The Labute approximate surface area is 109 Å². The minimum atomic E-state index is 0.171. The lowest BCUT2D eigenvalue weighted by atomic mass is 10.2. The summed E-state index contributed by atoms with van der Waals surface area (Å²) in [5.74, 6) is 0. The SMILES string of the molecule is CN1CCN(C(CO)c2cc(Br)cs2)CC1. The molecule has 0 spiro atoms. The van der Waals surface area contributed by atoms with Gasteiger partial charge in [0, 0.05) is 40.9 Å². The summed E-state index contributed by atoms with van der Waals surface area (Å²) in [7, 11) is 2.15. The molecule has 0 bridgehead atoms. The van der Waals surface area contributed by atoms with E-state index in [2.05, 4.69) is 44.2 Å². The van der Waals surface area contributed by atoms with Crippen LogP contribution in [0, 0.1) is 0 Å². The van der Waals surface area contributed by atoms with Crippen LogP contribution < -0.4 is 0 Å². The number of likely N-dealkylation sites (N-methyl/N-ethyl adjacent to an activating group) is 1. The van der Waals surface area contributed by atoms with Crippen molar-refractivity contribution in [2.45, 2.75) is 6.04 Å². The molecule has 1 N–H and O–H groups in total. The van der Waals surface area contributed by atoms with E-state index in [0.717, 1.165) is 30.7 Å². The first kappa shape index (κ1) is 12.5. The van der Waals surface area contributed by atoms with Gasteiger partial charge in [0.2, 0.25) is 0 Å². The van der Waals surface area contributed by atoms with E-state index >= 15 is 0 Å². The summed E-state index contributed by atoms with van der Waals surface area (Å²) in [6, 6.07) is 2.29. The lowest BCUT2D eigenvalue weighted by Gasteiger charge is -2.36. The zero-order chi connectivity index (χ0) is 11.5. The number of piperazine rings is 1. The fraction of sp³-hybridized carbons (Fsp3) is 0.636. The summed E-state index contributed by atoms with van der Waals surface area (Å²) in [6.45, 7) is 4.46. The van der Waals surface area contributed by atoms with E-state index in [0.29, 0.717) is 0 Å². The molecule has 0 amide bonds. The summed E-state index contributed by atoms with van der Waals surface area (Å²) in [5, 5.41) is 11.6. The van der Waals surface area contributed by atoms with Crippen LogP contribution in [-0.2, 0) is 0 Å². The first-order valence-corrected chi connectivity index (χ1v) is 7.15. The van der Waals surface area contributed by atoms with E-state index in [-0.39, 0.29) is 12.6 Å². The largest absolute Gasteiger partial charge is 0.394 e. The van der Waals surface area contributed by atoms with Gasteiger partial charge in [-0.25, -0.2) is 0 Å². The standard InChI is InChI=1S/C11H17BrN2OS/c1-13-2-4-14(5-3-13)10(7-15)11-6-9(12)8-16-11/h6,8,10,15H,2-5,7H2,1H3. The van der Waals surface area contributed by atoms with Gasteiger partial charge in [-0.3, -0.25) is 4.90 Å². The maximum Gasteiger partial charge on any atom is 0.0676 e. The van der Waals surface area contributed by atoms with E-state index in [1.807, 2.05) is 0 Å². The van der Waals surface area contributed by atoms with Crippen LogP contribution in [-0.4, -0.2) is 54.7 Å². The molecular weight excluding hydrogens is 288 g/mol. The van der Waals surface area contributed by atoms with Crippen molar-refractivity contribution in [3.8, 4) is 0 Å². The second kappa shape index (κ2) is 5.60. The number of hydrogen-bond acceptors (Lipinski definition) is 4. The van der Waals surface area contributed by atoms with E-state index in [1.54, 1.807) is 11.3 Å². The third-order valence-electron chi connectivity index (χ3n) is 3.07. The smallest absolute Gasteiger partial charge is 0.0676 e. The Morgan fingerprint density at radius 2 is 2.12 bits per heavy atom. The fourth-order valence-corrected chi connectivity index (χ4v) is 3.59. The number of hydrogen-bond donors (Lipinski definition) is 1. The molecule has 0 saturated carbocycles. The van der Waals surface area contributed by atoms with Crippen molar-refractivity contribution in [2.24, 2.45) is 0 Å². The Kier molecular flexibility index (Phi) is 4.38. The van der Waals surface area contributed by atoms with Gasteiger partial charge < -0.3 is 10.0 Å². The van der Waals surface area contributed by atoms with Crippen molar-refractivity contribution in [1.82, 2.24) is 9.80 Å². The predicted molar refractivity (Wildman–Crippen MR) is 70.9 cm³/mol. The predicted octanol–water partition coefficient (Wildman–Crippen LogP) is 1.79. The average molecular weight is 305 g/mol. The molecule has 1 atom stereocenters. The number of aliphatic hydroxyl groups excluding tert-OH is 1. The van der Waals surface area contributed by atoms with Gasteiger partial charge >= 0.3 is 0 Å². The molecule has 1 unspecified atom stereocenters. The number of thiophene rings is 1. The summed E-state index contributed by atoms with van der Waals surface area (Å²) in [4.78, 5) is 5.95. The Bertz CT molecular complexity index is 336. The monoisotopic (exact) mass is 304 g/mol. The number of halogens is 1. The molecule has 16 heavy (non-hydrogen) atoms. The van der Waals surface area contributed by atoms with Crippen LogP contribution in [0.1, 0.15) is 10.9 Å². The molecule has 90 valence electrons. The molecule has 1 saturated heterocycles. The van der Waals surface area contributed by atoms with Crippen LogP contribution in [0.4, 0.5) is 0 Å². The van der Waals surface area contributed by atoms with Crippen molar-refractivity contribution < 1.29 is 5.11 Å². The lowest BCUT2D eigenvalue weighted by Crippen LogP contribution is -2.46. The molecule has 1 aromatic heterocycles. The normalized spacial score (nSPS) is 21.2. The molecule has 1 aromatic rings. The molecule has 2 heterocycles. The molecular formula is C11H17BrN2OS. The highest BCUT2D eigenvalue weighted by Gasteiger charge is 2.24. The summed E-state index contributed by atoms with van der Waals surface area (Å²) in [5.41, 5.74) is 0. The minimum absolute atomic E-state index is 0.171. The van der Waals surface area contributed by atoms with Crippen LogP contribution in [0.25, 0.3) is 0 Å². The molecule has 2 rings (SSSR count). The number of rotatable bonds is 3.